The summed E-state index contributed by atoms with van der Waals surface area (Å²) in [6.45, 7) is 0.907. The molecule has 5 nitrogen and oxygen atoms in total. The van der Waals surface area contributed by atoms with Crippen molar-refractivity contribution < 1.29 is 14.0 Å². The van der Waals surface area contributed by atoms with Crippen LogP contribution in [-0.4, -0.2) is 37.0 Å². The van der Waals surface area contributed by atoms with Crippen LogP contribution < -0.4 is 10.6 Å². The fourth-order valence-corrected chi connectivity index (χ4v) is 2.53. The van der Waals surface area contributed by atoms with Gasteiger partial charge in [-0.15, -0.1) is 0 Å². The number of urea groups is 1. The number of rotatable bonds is 2. The van der Waals surface area contributed by atoms with Crippen molar-refractivity contribution in [3.05, 3.63) is 29.0 Å². The predicted molar refractivity (Wildman–Crippen MR) is 78.8 cm³/mol. The van der Waals surface area contributed by atoms with Gasteiger partial charge < -0.3 is 15.5 Å². The van der Waals surface area contributed by atoms with Crippen LogP contribution in [0.25, 0.3) is 0 Å². The van der Waals surface area contributed by atoms with Crippen LogP contribution in [0.3, 0.4) is 0 Å². The lowest BCUT2D eigenvalue weighted by Gasteiger charge is -2.31. The van der Waals surface area contributed by atoms with Crippen LogP contribution in [0.5, 0.6) is 0 Å². The summed E-state index contributed by atoms with van der Waals surface area (Å²) in [5, 5.41) is 5.44. The lowest BCUT2D eigenvalue weighted by atomic mass is 9.97. The second-order valence-electron chi connectivity index (χ2n) is 4.95. The molecule has 2 N–H and O–H groups in total. The van der Waals surface area contributed by atoms with E-state index in [0.29, 0.717) is 13.1 Å². The van der Waals surface area contributed by atoms with Crippen molar-refractivity contribution in [3.63, 3.8) is 0 Å². The first-order chi connectivity index (χ1) is 10.0. The molecule has 0 radical (unpaired) electrons. The van der Waals surface area contributed by atoms with E-state index in [1.54, 1.807) is 11.9 Å². The van der Waals surface area contributed by atoms with Gasteiger partial charge in [-0.3, -0.25) is 4.79 Å². The summed E-state index contributed by atoms with van der Waals surface area (Å²) in [5.74, 6) is -0.759. The molecule has 1 aromatic carbocycles. The lowest BCUT2D eigenvalue weighted by Crippen LogP contribution is -2.46. The van der Waals surface area contributed by atoms with Crippen molar-refractivity contribution >= 4 is 29.2 Å². The number of hydrogen-bond donors (Lipinski definition) is 2. The molecule has 1 heterocycles. The van der Waals surface area contributed by atoms with E-state index >= 15 is 0 Å². The van der Waals surface area contributed by atoms with Crippen molar-refractivity contribution in [1.82, 2.24) is 10.2 Å². The van der Waals surface area contributed by atoms with E-state index in [1.165, 1.54) is 18.2 Å². The Morgan fingerprint density at radius 2 is 2.19 bits per heavy atom. The van der Waals surface area contributed by atoms with Crippen LogP contribution in [0.2, 0.25) is 5.02 Å². The SMILES string of the molecule is CNC(=O)[C@H]1CCCN(C(=O)Nc2cc(F)ccc2Cl)C1. The molecule has 1 aliphatic heterocycles. The van der Waals surface area contributed by atoms with Crippen LogP contribution in [-0.2, 0) is 4.79 Å². The molecular formula is C14H17ClFN3O2. The van der Waals surface area contributed by atoms with Gasteiger partial charge in [-0.05, 0) is 31.0 Å². The van der Waals surface area contributed by atoms with E-state index in [9.17, 15) is 14.0 Å². The first kappa shape index (κ1) is 15.6. The molecule has 2 rings (SSSR count). The molecule has 0 aromatic heterocycles. The number of hydrogen-bond acceptors (Lipinski definition) is 2. The molecule has 1 atom stereocenters. The molecule has 0 unspecified atom stereocenters. The summed E-state index contributed by atoms with van der Waals surface area (Å²) in [6.07, 6.45) is 1.51. The van der Waals surface area contributed by atoms with Gasteiger partial charge in [-0.1, -0.05) is 11.6 Å². The van der Waals surface area contributed by atoms with Crippen LogP contribution in [0, 0.1) is 11.7 Å². The van der Waals surface area contributed by atoms with E-state index in [2.05, 4.69) is 10.6 Å². The monoisotopic (exact) mass is 313 g/mol. The third-order valence-electron chi connectivity index (χ3n) is 3.50. The van der Waals surface area contributed by atoms with Crippen molar-refractivity contribution in [2.75, 3.05) is 25.5 Å². The Balaban J connectivity index is 2.02. The number of carbonyl (C=O) groups excluding carboxylic acids is 2. The maximum absolute atomic E-state index is 13.2. The minimum atomic E-state index is -0.475. The Morgan fingerprint density at radius 3 is 2.90 bits per heavy atom. The number of amides is 3. The first-order valence-corrected chi connectivity index (χ1v) is 7.11. The molecule has 3 amide bonds. The quantitative estimate of drug-likeness (QED) is 0.881. The first-order valence-electron chi connectivity index (χ1n) is 6.74. The Kier molecular flexibility index (Phi) is 5.01. The van der Waals surface area contributed by atoms with Gasteiger partial charge in [0.05, 0.1) is 16.6 Å². The Morgan fingerprint density at radius 1 is 1.43 bits per heavy atom. The van der Waals surface area contributed by atoms with Crippen LogP contribution >= 0.6 is 11.6 Å². The third-order valence-corrected chi connectivity index (χ3v) is 3.83. The second-order valence-corrected chi connectivity index (χ2v) is 5.36. The second kappa shape index (κ2) is 6.76. The highest BCUT2D eigenvalue weighted by Crippen LogP contribution is 2.24. The average Bonchev–Trinajstić information content (AvgIpc) is 2.50. The van der Waals surface area contributed by atoms with Gasteiger partial charge in [0.1, 0.15) is 5.82 Å². The van der Waals surface area contributed by atoms with Gasteiger partial charge in [0, 0.05) is 20.1 Å². The maximum atomic E-state index is 13.2. The van der Waals surface area contributed by atoms with Gasteiger partial charge in [-0.25, -0.2) is 9.18 Å². The zero-order chi connectivity index (χ0) is 15.4. The minimum Gasteiger partial charge on any atom is -0.359 e. The molecule has 7 heteroatoms. The number of anilines is 1. The Hall–Kier alpha value is -1.82. The summed E-state index contributed by atoms with van der Waals surface area (Å²) in [7, 11) is 1.58. The summed E-state index contributed by atoms with van der Waals surface area (Å²) < 4.78 is 13.2. The van der Waals surface area contributed by atoms with E-state index in [1.807, 2.05) is 0 Å². The standard InChI is InChI=1S/C14H17ClFN3O2/c1-17-13(20)9-3-2-6-19(8-9)14(21)18-12-7-10(16)4-5-11(12)15/h4-5,7,9H,2-3,6,8H2,1H3,(H,17,20)(H,18,21)/t9-/m0/s1. The van der Waals surface area contributed by atoms with Gasteiger partial charge in [0.15, 0.2) is 0 Å². The van der Waals surface area contributed by atoms with Crippen molar-refractivity contribution in [2.45, 2.75) is 12.8 Å². The van der Waals surface area contributed by atoms with Gasteiger partial charge in [0.25, 0.3) is 0 Å². The van der Waals surface area contributed by atoms with E-state index in [0.717, 1.165) is 12.8 Å². The predicted octanol–water partition coefficient (Wildman–Crippen LogP) is 2.47. The molecule has 0 spiro atoms. The molecule has 21 heavy (non-hydrogen) atoms. The molecule has 0 bridgehead atoms. The highest BCUT2D eigenvalue weighted by Gasteiger charge is 2.28. The highest BCUT2D eigenvalue weighted by atomic mass is 35.5. The number of carbonyl (C=O) groups is 2. The fraction of sp³-hybridized carbons (Fsp3) is 0.429. The zero-order valence-electron chi connectivity index (χ0n) is 11.7. The van der Waals surface area contributed by atoms with Gasteiger partial charge in [-0.2, -0.15) is 0 Å². The fourth-order valence-electron chi connectivity index (χ4n) is 2.37. The largest absolute Gasteiger partial charge is 0.359 e. The number of nitrogens with one attached hydrogen (secondary N) is 2. The van der Waals surface area contributed by atoms with E-state index in [4.69, 9.17) is 11.6 Å². The zero-order valence-corrected chi connectivity index (χ0v) is 12.4. The molecular weight excluding hydrogens is 297 g/mol. The Labute approximate surface area is 127 Å². The van der Waals surface area contributed by atoms with Crippen LogP contribution in [0.15, 0.2) is 18.2 Å². The van der Waals surface area contributed by atoms with E-state index < -0.39 is 5.82 Å². The molecule has 1 aliphatic rings. The number of piperidine rings is 1. The van der Waals surface area contributed by atoms with Crippen LogP contribution in [0.4, 0.5) is 14.9 Å². The summed E-state index contributed by atoms with van der Waals surface area (Å²) >= 11 is 5.92. The third kappa shape index (κ3) is 3.85. The maximum Gasteiger partial charge on any atom is 0.321 e. The smallest absolute Gasteiger partial charge is 0.321 e. The summed E-state index contributed by atoms with van der Waals surface area (Å²) in [6, 6.07) is 3.40. The Bertz CT molecular complexity index is 553. The number of likely N-dealkylation sites (tertiary alicyclic amines) is 1. The van der Waals surface area contributed by atoms with Crippen molar-refractivity contribution in [2.24, 2.45) is 5.92 Å². The van der Waals surface area contributed by atoms with Crippen LogP contribution in [0.1, 0.15) is 12.8 Å². The highest BCUT2D eigenvalue weighted by molar-refractivity contribution is 6.33. The summed E-state index contributed by atoms with van der Waals surface area (Å²) in [5.41, 5.74) is 0.226. The number of nitrogens with zero attached hydrogens (tertiary/aromatic N) is 1. The number of benzene rings is 1. The van der Waals surface area contributed by atoms with Crippen molar-refractivity contribution in [3.8, 4) is 0 Å². The molecule has 0 aliphatic carbocycles. The van der Waals surface area contributed by atoms with Gasteiger partial charge >= 0.3 is 6.03 Å². The average molecular weight is 314 g/mol. The van der Waals surface area contributed by atoms with E-state index in [-0.39, 0.29) is 28.6 Å². The normalized spacial score (nSPS) is 18.2. The molecule has 1 saturated heterocycles. The van der Waals surface area contributed by atoms with Crippen molar-refractivity contribution in [1.29, 1.82) is 0 Å². The minimum absolute atomic E-state index is 0.0729. The number of halogens is 2. The summed E-state index contributed by atoms with van der Waals surface area (Å²) in [4.78, 5) is 25.4. The topological polar surface area (TPSA) is 61.4 Å². The van der Waals surface area contributed by atoms with Gasteiger partial charge in [0.2, 0.25) is 5.91 Å². The molecule has 114 valence electrons. The molecule has 1 fully saturated rings. The molecule has 1 aromatic rings. The lowest BCUT2D eigenvalue weighted by molar-refractivity contribution is -0.125. The molecule has 0 saturated carbocycles.